The van der Waals surface area contributed by atoms with Crippen LogP contribution in [0.25, 0.3) is 0 Å². The van der Waals surface area contributed by atoms with Crippen LogP contribution in [0.15, 0.2) is 48.9 Å². The van der Waals surface area contributed by atoms with Gasteiger partial charge in [0.05, 0.1) is 12.1 Å². The van der Waals surface area contributed by atoms with Crippen LogP contribution in [0.2, 0.25) is 0 Å². The normalized spacial score (nSPS) is 16.7. The van der Waals surface area contributed by atoms with Crippen LogP contribution >= 0.6 is 0 Å². The topological polar surface area (TPSA) is 102 Å². The summed E-state index contributed by atoms with van der Waals surface area (Å²) >= 11 is 0. The van der Waals surface area contributed by atoms with Gasteiger partial charge in [0.25, 0.3) is 0 Å². The van der Waals surface area contributed by atoms with Gasteiger partial charge in [-0.1, -0.05) is 13.8 Å². The van der Waals surface area contributed by atoms with Crippen LogP contribution in [0, 0.1) is 11.7 Å². The molecule has 0 radical (unpaired) electrons. The van der Waals surface area contributed by atoms with Gasteiger partial charge in [0.2, 0.25) is 5.95 Å². The third kappa shape index (κ3) is 4.74. The van der Waals surface area contributed by atoms with Gasteiger partial charge in [0.1, 0.15) is 24.0 Å². The van der Waals surface area contributed by atoms with E-state index < -0.39 is 6.09 Å². The standard InChI is InChI=1S/C22H23FN6O3/c1-13(2)18-12-31-22(30)29(18)19-8-9-24-20(28-19)27-14(3)15-10-25-21(26-11-15)32-17-6-4-16(23)5-7-17/h4-11,13-14,18H,12H2,1-3H3,(H,24,27,28)/t14-,18?/m0/s1. The number of carbonyl (C=O) groups excluding carboxylic acids is 1. The van der Waals surface area contributed by atoms with Crippen molar-refractivity contribution in [3.63, 3.8) is 0 Å². The van der Waals surface area contributed by atoms with Gasteiger partial charge < -0.3 is 14.8 Å². The fourth-order valence-electron chi connectivity index (χ4n) is 3.23. The van der Waals surface area contributed by atoms with E-state index in [0.717, 1.165) is 5.56 Å². The monoisotopic (exact) mass is 438 g/mol. The predicted molar refractivity (Wildman–Crippen MR) is 115 cm³/mol. The number of hydrogen-bond donors (Lipinski definition) is 1. The number of ether oxygens (including phenoxy) is 2. The van der Waals surface area contributed by atoms with Gasteiger partial charge in [-0.2, -0.15) is 4.98 Å². The highest BCUT2D eigenvalue weighted by Gasteiger charge is 2.37. The molecule has 0 aliphatic carbocycles. The van der Waals surface area contributed by atoms with Gasteiger partial charge >= 0.3 is 12.1 Å². The fraction of sp³-hybridized carbons (Fsp3) is 0.318. The van der Waals surface area contributed by atoms with E-state index in [4.69, 9.17) is 9.47 Å². The van der Waals surface area contributed by atoms with Crippen molar-refractivity contribution in [2.24, 2.45) is 5.92 Å². The summed E-state index contributed by atoms with van der Waals surface area (Å²) in [5.74, 6) is 1.16. The molecule has 0 saturated carbocycles. The van der Waals surface area contributed by atoms with E-state index in [0.29, 0.717) is 24.1 Å². The summed E-state index contributed by atoms with van der Waals surface area (Å²) in [6.07, 6.45) is 4.43. The first-order valence-electron chi connectivity index (χ1n) is 10.2. The van der Waals surface area contributed by atoms with Crippen LogP contribution in [0.1, 0.15) is 32.4 Å². The number of amides is 1. The van der Waals surface area contributed by atoms with Crippen LogP contribution in [-0.2, 0) is 4.74 Å². The predicted octanol–water partition coefficient (Wildman–Crippen LogP) is 4.35. The molecule has 166 valence electrons. The van der Waals surface area contributed by atoms with Crippen molar-refractivity contribution in [3.05, 3.63) is 60.3 Å². The summed E-state index contributed by atoms with van der Waals surface area (Å²) in [6.45, 7) is 6.32. The highest BCUT2D eigenvalue weighted by Crippen LogP contribution is 2.27. The third-order valence-electron chi connectivity index (χ3n) is 5.08. The number of nitrogens with one attached hydrogen (secondary N) is 1. The molecule has 3 aromatic rings. The van der Waals surface area contributed by atoms with E-state index in [9.17, 15) is 9.18 Å². The number of anilines is 2. The van der Waals surface area contributed by atoms with Gasteiger partial charge in [-0.15, -0.1) is 0 Å². The van der Waals surface area contributed by atoms with E-state index >= 15 is 0 Å². The summed E-state index contributed by atoms with van der Waals surface area (Å²) in [4.78, 5) is 30.9. The van der Waals surface area contributed by atoms with Crippen molar-refractivity contribution in [2.45, 2.75) is 32.9 Å². The fourth-order valence-corrected chi connectivity index (χ4v) is 3.23. The maximum atomic E-state index is 13.0. The van der Waals surface area contributed by atoms with Crippen molar-refractivity contribution in [1.29, 1.82) is 0 Å². The Bertz CT molecular complexity index is 1080. The minimum atomic E-state index is -0.411. The zero-order valence-electron chi connectivity index (χ0n) is 17.9. The third-order valence-corrected chi connectivity index (χ3v) is 5.08. The first-order chi connectivity index (χ1) is 15.4. The van der Waals surface area contributed by atoms with Crippen LogP contribution in [0.5, 0.6) is 11.8 Å². The Morgan fingerprint density at radius 2 is 1.84 bits per heavy atom. The summed E-state index contributed by atoms with van der Waals surface area (Å²) in [5, 5.41) is 3.19. The lowest BCUT2D eigenvalue weighted by Crippen LogP contribution is -2.37. The molecule has 2 aromatic heterocycles. The second-order valence-corrected chi connectivity index (χ2v) is 7.72. The molecule has 32 heavy (non-hydrogen) atoms. The number of rotatable bonds is 7. The highest BCUT2D eigenvalue weighted by molar-refractivity contribution is 5.89. The smallest absolute Gasteiger partial charge is 0.415 e. The molecule has 9 nitrogen and oxygen atoms in total. The zero-order valence-corrected chi connectivity index (χ0v) is 17.9. The Balaban J connectivity index is 1.43. The number of hydrogen-bond acceptors (Lipinski definition) is 8. The summed E-state index contributed by atoms with van der Waals surface area (Å²) in [5.41, 5.74) is 0.783. The molecule has 10 heteroatoms. The lowest BCUT2D eigenvalue weighted by Gasteiger charge is -2.23. The Morgan fingerprint density at radius 3 is 2.53 bits per heavy atom. The molecule has 1 N–H and O–H groups in total. The molecule has 1 aromatic carbocycles. The largest absolute Gasteiger partial charge is 0.447 e. The summed E-state index contributed by atoms with van der Waals surface area (Å²) < 4.78 is 23.7. The van der Waals surface area contributed by atoms with Gasteiger partial charge in [0.15, 0.2) is 0 Å². The van der Waals surface area contributed by atoms with Gasteiger partial charge in [-0.3, -0.25) is 4.90 Å². The molecule has 3 heterocycles. The van der Waals surface area contributed by atoms with Crippen molar-refractivity contribution in [3.8, 4) is 11.8 Å². The molecule has 4 rings (SSSR count). The molecular weight excluding hydrogens is 415 g/mol. The van der Waals surface area contributed by atoms with E-state index in [-0.39, 0.29) is 29.8 Å². The van der Waals surface area contributed by atoms with E-state index in [2.05, 4.69) is 25.3 Å². The number of cyclic esters (lactones) is 1. The van der Waals surface area contributed by atoms with Gasteiger partial charge in [-0.05, 0) is 43.2 Å². The number of nitrogens with zero attached hydrogens (tertiary/aromatic N) is 5. The summed E-state index contributed by atoms with van der Waals surface area (Å²) in [7, 11) is 0. The van der Waals surface area contributed by atoms with Gasteiger partial charge in [0, 0.05) is 24.2 Å². The van der Waals surface area contributed by atoms with Gasteiger partial charge in [-0.25, -0.2) is 24.1 Å². The Morgan fingerprint density at radius 1 is 1.12 bits per heavy atom. The van der Waals surface area contributed by atoms with Crippen molar-refractivity contribution in [1.82, 2.24) is 19.9 Å². The van der Waals surface area contributed by atoms with E-state index in [1.807, 2.05) is 20.8 Å². The molecule has 1 fully saturated rings. The van der Waals surface area contributed by atoms with Crippen LogP contribution in [0.3, 0.4) is 0 Å². The van der Waals surface area contributed by atoms with E-state index in [1.54, 1.807) is 29.6 Å². The molecule has 1 saturated heterocycles. The first kappa shape index (κ1) is 21.4. The quantitative estimate of drug-likeness (QED) is 0.581. The van der Waals surface area contributed by atoms with E-state index in [1.165, 1.54) is 24.3 Å². The lowest BCUT2D eigenvalue weighted by molar-refractivity contribution is 0.177. The Kier molecular flexibility index (Phi) is 6.11. The maximum absolute atomic E-state index is 13.0. The second-order valence-electron chi connectivity index (χ2n) is 7.72. The minimum absolute atomic E-state index is 0.0790. The molecule has 1 aliphatic heterocycles. The molecule has 1 aliphatic rings. The number of aromatic nitrogens is 4. The molecule has 1 amide bonds. The second kappa shape index (κ2) is 9.13. The molecule has 2 atom stereocenters. The average molecular weight is 438 g/mol. The lowest BCUT2D eigenvalue weighted by atomic mass is 10.0. The Labute approximate surface area is 184 Å². The Hall–Kier alpha value is -3.82. The molecule has 0 bridgehead atoms. The van der Waals surface area contributed by atoms with Crippen LogP contribution in [0.4, 0.5) is 21.0 Å². The number of benzene rings is 1. The highest BCUT2D eigenvalue weighted by atomic mass is 19.1. The van der Waals surface area contributed by atoms with Crippen molar-refractivity contribution in [2.75, 3.05) is 16.8 Å². The molecular formula is C22H23FN6O3. The minimum Gasteiger partial charge on any atom is -0.447 e. The SMILES string of the molecule is CC(C)C1COC(=O)N1c1ccnc(N[C@@H](C)c2cnc(Oc3ccc(F)cc3)nc2)n1. The summed E-state index contributed by atoms with van der Waals surface area (Å²) in [6, 6.07) is 7.15. The molecule has 0 spiro atoms. The van der Waals surface area contributed by atoms with Crippen molar-refractivity contribution >= 4 is 17.9 Å². The number of halogens is 1. The van der Waals surface area contributed by atoms with Crippen LogP contribution in [-0.4, -0.2) is 38.7 Å². The van der Waals surface area contributed by atoms with Crippen LogP contribution < -0.4 is 15.0 Å². The first-order valence-corrected chi connectivity index (χ1v) is 10.2. The molecule has 1 unspecified atom stereocenters. The maximum Gasteiger partial charge on any atom is 0.415 e. The zero-order chi connectivity index (χ0) is 22.7. The van der Waals surface area contributed by atoms with Crippen molar-refractivity contribution < 1.29 is 18.7 Å². The number of carbonyl (C=O) groups is 1. The average Bonchev–Trinajstić information content (AvgIpc) is 3.18.